The Morgan fingerprint density at radius 3 is 2.37 bits per heavy atom. The number of Topliss-reactive ketones (excluding diaryl/α,β-unsaturated/α-hetero) is 1. The molecule has 0 heterocycles. The summed E-state index contributed by atoms with van der Waals surface area (Å²) in [4.78, 5) is 12.1. The molecule has 0 unspecified atom stereocenters. The van der Waals surface area contributed by atoms with E-state index in [9.17, 15) is 4.79 Å². The third-order valence-corrected chi connectivity index (χ3v) is 3.29. The van der Waals surface area contributed by atoms with Crippen LogP contribution in [0, 0.1) is 20.8 Å². The van der Waals surface area contributed by atoms with Crippen LogP contribution in [0.4, 0.5) is 0 Å². The molecule has 0 atom stereocenters. The molecule has 0 aromatic heterocycles. The summed E-state index contributed by atoms with van der Waals surface area (Å²) in [7, 11) is 0. The van der Waals surface area contributed by atoms with Crippen molar-refractivity contribution in [1.82, 2.24) is 0 Å². The molecule has 0 N–H and O–H groups in total. The first-order valence-electron chi connectivity index (χ1n) is 6.37. The Balaban J connectivity index is 2.04. The van der Waals surface area contributed by atoms with Crippen LogP contribution in [0.15, 0.2) is 42.5 Å². The molecule has 2 nitrogen and oxygen atoms in total. The number of benzene rings is 2. The number of ether oxygens (including phenoxy) is 1. The molecule has 0 saturated carbocycles. The van der Waals surface area contributed by atoms with E-state index in [1.54, 1.807) is 0 Å². The monoisotopic (exact) mass is 254 g/mol. The summed E-state index contributed by atoms with van der Waals surface area (Å²) in [6.45, 7) is 6.10. The third kappa shape index (κ3) is 3.22. The molecule has 2 rings (SSSR count). The van der Waals surface area contributed by atoms with Crippen molar-refractivity contribution in [3.05, 3.63) is 64.7 Å². The van der Waals surface area contributed by atoms with Crippen LogP contribution in [0.2, 0.25) is 0 Å². The van der Waals surface area contributed by atoms with E-state index in [0.29, 0.717) is 0 Å². The van der Waals surface area contributed by atoms with Crippen LogP contribution >= 0.6 is 0 Å². The van der Waals surface area contributed by atoms with Crippen LogP contribution in [0.25, 0.3) is 0 Å². The predicted molar refractivity (Wildman–Crippen MR) is 76.9 cm³/mol. The topological polar surface area (TPSA) is 26.3 Å². The Morgan fingerprint density at radius 1 is 0.947 bits per heavy atom. The molecule has 0 saturated heterocycles. The third-order valence-electron chi connectivity index (χ3n) is 3.29. The summed E-state index contributed by atoms with van der Waals surface area (Å²) in [6, 6.07) is 13.4. The zero-order valence-electron chi connectivity index (χ0n) is 11.6. The molecular formula is C17H18O2. The van der Waals surface area contributed by atoms with Crippen molar-refractivity contribution < 1.29 is 9.53 Å². The SMILES string of the molecule is Cc1ccc(OCC(=O)c2ccccc2C)cc1C. The molecule has 0 amide bonds. The van der Waals surface area contributed by atoms with Crippen LogP contribution in [-0.2, 0) is 0 Å². The minimum atomic E-state index is 0.0105. The van der Waals surface area contributed by atoms with E-state index < -0.39 is 0 Å². The Labute approximate surface area is 114 Å². The van der Waals surface area contributed by atoms with Gasteiger partial charge in [-0.1, -0.05) is 30.3 Å². The summed E-state index contributed by atoms with van der Waals surface area (Å²) in [5.74, 6) is 0.751. The molecule has 0 aliphatic rings. The molecule has 0 aliphatic carbocycles. The number of carbonyl (C=O) groups is 1. The van der Waals surface area contributed by atoms with Gasteiger partial charge in [-0.15, -0.1) is 0 Å². The minimum Gasteiger partial charge on any atom is -0.485 e. The molecule has 0 radical (unpaired) electrons. The first-order chi connectivity index (χ1) is 9.08. The number of ketones is 1. The summed E-state index contributed by atoms with van der Waals surface area (Å²) < 4.78 is 5.56. The normalized spacial score (nSPS) is 10.3. The van der Waals surface area contributed by atoms with Crippen molar-refractivity contribution in [2.45, 2.75) is 20.8 Å². The minimum absolute atomic E-state index is 0.0105. The smallest absolute Gasteiger partial charge is 0.200 e. The largest absolute Gasteiger partial charge is 0.485 e. The van der Waals surface area contributed by atoms with E-state index in [1.807, 2.05) is 56.3 Å². The molecule has 2 heteroatoms. The highest BCUT2D eigenvalue weighted by molar-refractivity contribution is 5.98. The van der Waals surface area contributed by atoms with Crippen molar-refractivity contribution >= 4 is 5.78 Å². The maximum atomic E-state index is 12.1. The highest BCUT2D eigenvalue weighted by Crippen LogP contribution is 2.17. The Bertz CT molecular complexity index is 600. The average molecular weight is 254 g/mol. The van der Waals surface area contributed by atoms with Gasteiger partial charge in [-0.05, 0) is 49.6 Å². The van der Waals surface area contributed by atoms with Gasteiger partial charge in [0.1, 0.15) is 5.75 Å². The lowest BCUT2D eigenvalue weighted by atomic mass is 10.1. The summed E-state index contributed by atoms with van der Waals surface area (Å²) in [5, 5.41) is 0. The quantitative estimate of drug-likeness (QED) is 0.774. The van der Waals surface area contributed by atoms with Gasteiger partial charge in [0.25, 0.3) is 0 Å². The van der Waals surface area contributed by atoms with Gasteiger partial charge >= 0.3 is 0 Å². The second-order valence-corrected chi connectivity index (χ2v) is 4.77. The standard InChI is InChI=1S/C17H18O2/c1-12-8-9-15(10-14(12)3)19-11-17(18)16-7-5-4-6-13(16)2/h4-10H,11H2,1-3H3. The van der Waals surface area contributed by atoms with Crippen LogP contribution in [-0.4, -0.2) is 12.4 Å². The van der Waals surface area contributed by atoms with Gasteiger partial charge < -0.3 is 4.74 Å². The van der Waals surface area contributed by atoms with Crippen molar-refractivity contribution in [2.75, 3.05) is 6.61 Å². The number of hydrogen-bond acceptors (Lipinski definition) is 2. The van der Waals surface area contributed by atoms with Crippen molar-refractivity contribution in [3.63, 3.8) is 0 Å². The number of rotatable bonds is 4. The maximum Gasteiger partial charge on any atom is 0.200 e. The van der Waals surface area contributed by atoms with Gasteiger partial charge in [-0.2, -0.15) is 0 Å². The average Bonchev–Trinajstić information content (AvgIpc) is 2.40. The fourth-order valence-corrected chi connectivity index (χ4v) is 1.92. The van der Waals surface area contributed by atoms with E-state index in [2.05, 4.69) is 6.92 Å². The molecule has 2 aromatic rings. The molecule has 2 aromatic carbocycles. The van der Waals surface area contributed by atoms with Crippen molar-refractivity contribution in [3.8, 4) is 5.75 Å². The van der Waals surface area contributed by atoms with Gasteiger partial charge in [0.2, 0.25) is 0 Å². The molecule has 0 spiro atoms. The molecule has 0 fully saturated rings. The molecule has 0 aliphatic heterocycles. The van der Waals surface area contributed by atoms with Crippen LogP contribution in [0.1, 0.15) is 27.0 Å². The zero-order chi connectivity index (χ0) is 13.8. The molecule has 98 valence electrons. The lowest BCUT2D eigenvalue weighted by Crippen LogP contribution is -2.12. The molecule has 0 bridgehead atoms. The molecular weight excluding hydrogens is 236 g/mol. The highest BCUT2D eigenvalue weighted by Gasteiger charge is 2.09. The first kappa shape index (κ1) is 13.3. The summed E-state index contributed by atoms with van der Waals surface area (Å²) in [5.41, 5.74) is 4.10. The van der Waals surface area contributed by atoms with E-state index in [4.69, 9.17) is 4.74 Å². The van der Waals surface area contributed by atoms with Crippen LogP contribution in [0.5, 0.6) is 5.75 Å². The fraction of sp³-hybridized carbons (Fsp3) is 0.235. The first-order valence-corrected chi connectivity index (χ1v) is 6.37. The van der Waals surface area contributed by atoms with E-state index >= 15 is 0 Å². The second-order valence-electron chi connectivity index (χ2n) is 4.77. The highest BCUT2D eigenvalue weighted by atomic mass is 16.5. The Hall–Kier alpha value is -2.09. The van der Waals surface area contributed by atoms with Crippen LogP contribution < -0.4 is 4.74 Å². The summed E-state index contributed by atoms with van der Waals surface area (Å²) >= 11 is 0. The van der Waals surface area contributed by atoms with E-state index in [0.717, 1.165) is 16.9 Å². The second kappa shape index (κ2) is 5.70. The van der Waals surface area contributed by atoms with E-state index in [-0.39, 0.29) is 12.4 Å². The maximum absolute atomic E-state index is 12.1. The Kier molecular flexibility index (Phi) is 4.00. The van der Waals surface area contributed by atoms with Gasteiger partial charge in [0, 0.05) is 5.56 Å². The van der Waals surface area contributed by atoms with Gasteiger partial charge in [0.05, 0.1) is 0 Å². The lowest BCUT2D eigenvalue weighted by Gasteiger charge is -2.09. The fourth-order valence-electron chi connectivity index (χ4n) is 1.92. The van der Waals surface area contributed by atoms with Gasteiger partial charge in [-0.3, -0.25) is 4.79 Å². The number of carbonyl (C=O) groups excluding carboxylic acids is 1. The zero-order valence-corrected chi connectivity index (χ0v) is 11.6. The predicted octanol–water partition coefficient (Wildman–Crippen LogP) is 3.87. The lowest BCUT2D eigenvalue weighted by molar-refractivity contribution is 0.0921. The van der Waals surface area contributed by atoms with Gasteiger partial charge in [0.15, 0.2) is 12.4 Å². The number of aryl methyl sites for hydroxylation is 3. The van der Waals surface area contributed by atoms with E-state index in [1.165, 1.54) is 11.1 Å². The Morgan fingerprint density at radius 2 is 1.68 bits per heavy atom. The number of hydrogen-bond donors (Lipinski definition) is 0. The van der Waals surface area contributed by atoms with Crippen LogP contribution in [0.3, 0.4) is 0 Å². The van der Waals surface area contributed by atoms with Gasteiger partial charge in [-0.25, -0.2) is 0 Å². The molecule has 19 heavy (non-hydrogen) atoms. The van der Waals surface area contributed by atoms with Crippen molar-refractivity contribution in [1.29, 1.82) is 0 Å². The summed E-state index contributed by atoms with van der Waals surface area (Å²) in [6.07, 6.45) is 0. The van der Waals surface area contributed by atoms with Crippen molar-refractivity contribution in [2.24, 2.45) is 0 Å².